The molecule has 2 aliphatic heterocycles. The molecule has 3 aromatic carbocycles. The molecule has 1 atom stereocenters. The van der Waals surface area contributed by atoms with E-state index in [4.69, 9.17) is 32.7 Å². The third-order valence-corrected chi connectivity index (χ3v) is 7.32. The smallest absolute Gasteiger partial charge is 0.231 e. The Kier molecular flexibility index (Phi) is 4.83. The second kappa shape index (κ2) is 7.73. The van der Waals surface area contributed by atoms with Crippen LogP contribution < -0.4 is 9.47 Å². The quantitative estimate of drug-likeness (QED) is 0.355. The lowest BCUT2D eigenvalue weighted by Crippen LogP contribution is -2.32. The fourth-order valence-electron chi connectivity index (χ4n) is 5.02. The Bertz CT molecular complexity index is 1330. The summed E-state index contributed by atoms with van der Waals surface area (Å²) in [6, 6.07) is 18.6. The summed E-state index contributed by atoms with van der Waals surface area (Å²) in [5.41, 5.74) is 5.97. The van der Waals surface area contributed by atoms with E-state index in [1.54, 1.807) is 0 Å². The minimum atomic E-state index is 0.126. The highest BCUT2D eigenvalue weighted by molar-refractivity contribution is 6.36. The van der Waals surface area contributed by atoms with Crippen molar-refractivity contribution in [1.29, 1.82) is 0 Å². The first-order chi connectivity index (χ1) is 15.6. The zero-order valence-corrected chi connectivity index (χ0v) is 19.2. The van der Waals surface area contributed by atoms with Crippen molar-refractivity contribution in [1.82, 2.24) is 9.47 Å². The van der Waals surface area contributed by atoms with Gasteiger partial charge in [-0.05, 0) is 60.5 Å². The van der Waals surface area contributed by atoms with Crippen LogP contribution in [0.2, 0.25) is 10.0 Å². The van der Waals surface area contributed by atoms with Crippen molar-refractivity contribution in [2.24, 2.45) is 0 Å². The lowest BCUT2D eigenvalue weighted by atomic mass is 9.88. The molecule has 0 amide bonds. The van der Waals surface area contributed by atoms with Gasteiger partial charge in [-0.1, -0.05) is 47.5 Å². The number of hydrogen-bond acceptors (Lipinski definition) is 3. The zero-order valence-electron chi connectivity index (χ0n) is 17.6. The van der Waals surface area contributed by atoms with Gasteiger partial charge in [-0.25, -0.2) is 0 Å². The molecular formula is C26H22Cl2N2O2. The van der Waals surface area contributed by atoms with Crippen LogP contribution in [0.25, 0.3) is 10.9 Å². The molecule has 0 N–H and O–H groups in total. The van der Waals surface area contributed by atoms with Crippen LogP contribution in [0.15, 0.2) is 60.8 Å². The van der Waals surface area contributed by atoms with E-state index in [9.17, 15) is 0 Å². The second-order valence-electron chi connectivity index (χ2n) is 8.47. The van der Waals surface area contributed by atoms with Gasteiger partial charge < -0.3 is 14.0 Å². The minimum absolute atomic E-state index is 0.126. The van der Waals surface area contributed by atoms with Crippen molar-refractivity contribution < 1.29 is 9.47 Å². The number of likely N-dealkylation sites (N-methyl/N-ethyl adjacent to an activating group) is 1. The molecule has 0 aliphatic carbocycles. The van der Waals surface area contributed by atoms with Gasteiger partial charge in [0, 0.05) is 39.3 Å². The summed E-state index contributed by atoms with van der Waals surface area (Å²) in [7, 11) is 2.19. The molecule has 1 aromatic heterocycles. The predicted octanol–water partition coefficient (Wildman–Crippen LogP) is 6.30. The van der Waals surface area contributed by atoms with Crippen molar-refractivity contribution in [2.45, 2.75) is 19.0 Å². The Morgan fingerprint density at radius 2 is 1.69 bits per heavy atom. The molecule has 6 heteroatoms. The molecule has 2 aliphatic rings. The fraction of sp³-hybridized carbons (Fsp3) is 0.231. The molecule has 0 saturated heterocycles. The number of benzene rings is 3. The molecule has 0 spiro atoms. The molecule has 0 bridgehead atoms. The van der Waals surface area contributed by atoms with E-state index in [0.717, 1.165) is 30.0 Å². The van der Waals surface area contributed by atoms with Crippen molar-refractivity contribution in [3.8, 4) is 11.5 Å². The minimum Gasteiger partial charge on any atom is -0.454 e. The van der Waals surface area contributed by atoms with Crippen LogP contribution in [0.1, 0.15) is 28.3 Å². The largest absolute Gasteiger partial charge is 0.454 e. The van der Waals surface area contributed by atoms with Crippen LogP contribution in [0.3, 0.4) is 0 Å². The summed E-state index contributed by atoms with van der Waals surface area (Å²) in [5.74, 6) is 1.68. The number of aromatic nitrogens is 1. The number of halogens is 2. The third kappa shape index (κ3) is 3.17. The van der Waals surface area contributed by atoms with Crippen molar-refractivity contribution in [3.05, 3.63) is 93.1 Å². The highest BCUT2D eigenvalue weighted by Gasteiger charge is 2.31. The van der Waals surface area contributed by atoms with E-state index < -0.39 is 0 Å². The number of fused-ring (bicyclic) bond motifs is 3. The Morgan fingerprint density at radius 1 is 0.938 bits per heavy atom. The lowest BCUT2D eigenvalue weighted by molar-refractivity contribution is 0.174. The average molecular weight is 465 g/mol. The van der Waals surface area contributed by atoms with Gasteiger partial charge in [0.2, 0.25) is 6.79 Å². The van der Waals surface area contributed by atoms with Gasteiger partial charge in [-0.3, -0.25) is 4.90 Å². The van der Waals surface area contributed by atoms with Crippen LogP contribution >= 0.6 is 23.2 Å². The molecule has 162 valence electrons. The molecular weight excluding hydrogens is 443 g/mol. The van der Waals surface area contributed by atoms with E-state index in [-0.39, 0.29) is 12.8 Å². The van der Waals surface area contributed by atoms with Crippen LogP contribution in [-0.4, -0.2) is 29.9 Å². The van der Waals surface area contributed by atoms with E-state index in [1.807, 2.05) is 18.2 Å². The fourth-order valence-corrected chi connectivity index (χ4v) is 5.53. The highest BCUT2D eigenvalue weighted by atomic mass is 35.5. The van der Waals surface area contributed by atoms with Crippen LogP contribution in [0, 0.1) is 0 Å². The standard InChI is InChI=1S/C26H22Cl2N2O2/c1-29-10-9-16-11-24-25(32-15-31-24)12-18(16)26(29)19-13-30(23-8-3-2-5-17(19)23)14-20-21(27)6-4-7-22(20)28/h2-8,11-13,26H,9-10,14-15H2,1H3. The van der Waals surface area contributed by atoms with E-state index in [1.165, 1.54) is 27.6 Å². The van der Waals surface area contributed by atoms with Gasteiger partial charge in [0.25, 0.3) is 0 Å². The molecule has 3 heterocycles. The molecule has 4 nitrogen and oxygen atoms in total. The van der Waals surface area contributed by atoms with Gasteiger partial charge in [0.15, 0.2) is 11.5 Å². The summed E-state index contributed by atoms with van der Waals surface area (Å²) in [6.07, 6.45) is 3.25. The summed E-state index contributed by atoms with van der Waals surface area (Å²) < 4.78 is 13.6. The van der Waals surface area contributed by atoms with Gasteiger partial charge in [0.05, 0.1) is 12.6 Å². The number of ether oxygens (including phenoxy) is 2. The molecule has 32 heavy (non-hydrogen) atoms. The van der Waals surface area contributed by atoms with Crippen molar-refractivity contribution in [2.75, 3.05) is 20.4 Å². The number of para-hydroxylation sites is 1. The Balaban J connectivity index is 1.51. The SMILES string of the molecule is CN1CCc2cc3c(cc2C1c1cn(Cc2c(Cl)cccc2Cl)c2ccccc12)OCO3. The van der Waals surface area contributed by atoms with E-state index in [0.29, 0.717) is 16.6 Å². The topological polar surface area (TPSA) is 26.6 Å². The zero-order chi connectivity index (χ0) is 21.8. The summed E-state index contributed by atoms with van der Waals surface area (Å²) in [4.78, 5) is 2.42. The summed E-state index contributed by atoms with van der Waals surface area (Å²) >= 11 is 13.0. The Morgan fingerprint density at radius 3 is 2.50 bits per heavy atom. The van der Waals surface area contributed by atoms with Crippen LogP contribution in [0.5, 0.6) is 11.5 Å². The maximum atomic E-state index is 6.50. The lowest BCUT2D eigenvalue weighted by Gasteiger charge is -2.34. The summed E-state index contributed by atoms with van der Waals surface area (Å²) in [6.45, 7) is 1.88. The monoisotopic (exact) mass is 464 g/mol. The van der Waals surface area contributed by atoms with Crippen LogP contribution in [0.4, 0.5) is 0 Å². The molecule has 0 saturated carbocycles. The first-order valence-corrected chi connectivity index (χ1v) is 11.5. The first kappa shape index (κ1) is 20.0. The van der Waals surface area contributed by atoms with Crippen molar-refractivity contribution in [3.63, 3.8) is 0 Å². The van der Waals surface area contributed by atoms with Crippen LogP contribution in [-0.2, 0) is 13.0 Å². The normalized spacial score (nSPS) is 17.7. The van der Waals surface area contributed by atoms with Gasteiger partial charge >= 0.3 is 0 Å². The Hall–Kier alpha value is -2.66. The maximum absolute atomic E-state index is 6.50. The van der Waals surface area contributed by atoms with E-state index >= 15 is 0 Å². The molecule has 0 fully saturated rings. The van der Waals surface area contributed by atoms with Crippen molar-refractivity contribution >= 4 is 34.1 Å². The second-order valence-corrected chi connectivity index (χ2v) is 9.28. The highest BCUT2D eigenvalue weighted by Crippen LogP contribution is 2.44. The van der Waals surface area contributed by atoms with E-state index in [2.05, 4.69) is 59.1 Å². The average Bonchev–Trinajstić information content (AvgIpc) is 3.39. The summed E-state index contributed by atoms with van der Waals surface area (Å²) in [5, 5.41) is 2.60. The van der Waals surface area contributed by atoms with Gasteiger partial charge in [-0.15, -0.1) is 0 Å². The van der Waals surface area contributed by atoms with Gasteiger partial charge in [-0.2, -0.15) is 0 Å². The molecule has 1 unspecified atom stereocenters. The molecule has 0 radical (unpaired) electrons. The maximum Gasteiger partial charge on any atom is 0.231 e. The third-order valence-electron chi connectivity index (χ3n) is 6.61. The first-order valence-electron chi connectivity index (χ1n) is 10.7. The number of rotatable bonds is 3. The number of nitrogens with zero attached hydrogens (tertiary/aromatic N) is 2. The van der Waals surface area contributed by atoms with Gasteiger partial charge in [0.1, 0.15) is 0 Å². The molecule has 6 rings (SSSR count). The Labute approximate surface area is 196 Å². The predicted molar refractivity (Wildman–Crippen MR) is 128 cm³/mol. The number of hydrogen-bond donors (Lipinski definition) is 0. The molecule has 4 aromatic rings.